The van der Waals surface area contributed by atoms with Crippen molar-refractivity contribution in [1.29, 1.82) is 0 Å². The minimum atomic E-state index is -0.264. The van der Waals surface area contributed by atoms with Crippen LogP contribution in [0, 0.1) is 0 Å². The maximum absolute atomic E-state index is 11.3. The van der Waals surface area contributed by atoms with Gasteiger partial charge in [-0.25, -0.2) is 0 Å². The zero-order valence-electron chi connectivity index (χ0n) is 9.85. The average molecular weight is 266 g/mol. The minimum absolute atomic E-state index is 0.264. The highest BCUT2D eigenvalue weighted by Crippen LogP contribution is 2.25. The predicted molar refractivity (Wildman–Crippen MR) is 67.6 cm³/mol. The zero-order chi connectivity index (χ0) is 13.1. The summed E-state index contributed by atoms with van der Waals surface area (Å²) in [5.41, 5.74) is 0.952. The summed E-state index contributed by atoms with van der Waals surface area (Å²) in [5, 5.41) is 0.521. The van der Waals surface area contributed by atoms with Crippen LogP contribution in [0.15, 0.2) is 30.4 Å². The van der Waals surface area contributed by atoms with Gasteiger partial charge in [0.05, 0.1) is 12.1 Å². The summed E-state index contributed by atoms with van der Waals surface area (Å²) < 4.78 is 5.05. The van der Waals surface area contributed by atoms with Gasteiger partial charge in [0.1, 0.15) is 5.75 Å². The highest BCUT2D eigenvalue weighted by Gasteiger charge is 2.22. The summed E-state index contributed by atoms with van der Waals surface area (Å²) in [7, 11) is 1.55. The number of hydrogen-bond donors (Lipinski definition) is 0. The number of methoxy groups -OCH3 is 1. The molecule has 0 aliphatic carbocycles. The van der Waals surface area contributed by atoms with E-state index in [0.717, 1.165) is 5.56 Å². The number of benzene rings is 1. The molecule has 0 fully saturated rings. The lowest BCUT2D eigenvalue weighted by Crippen LogP contribution is -2.31. The van der Waals surface area contributed by atoms with Crippen LogP contribution in [0.4, 0.5) is 0 Å². The molecule has 18 heavy (non-hydrogen) atoms. The van der Waals surface area contributed by atoms with Gasteiger partial charge in [-0.05, 0) is 24.1 Å². The minimum Gasteiger partial charge on any atom is -0.495 e. The predicted octanol–water partition coefficient (Wildman–Crippen LogP) is 1.82. The largest absolute Gasteiger partial charge is 0.495 e. The van der Waals surface area contributed by atoms with Crippen molar-refractivity contribution in [1.82, 2.24) is 4.90 Å². The van der Waals surface area contributed by atoms with E-state index in [1.54, 1.807) is 19.2 Å². The fourth-order valence-electron chi connectivity index (χ4n) is 1.76. The van der Waals surface area contributed by atoms with Crippen LogP contribution in [0.3, 0.4) is 0 Å². The molecular formula is C13H12ClNO3. The van der Waals surface area contributed by atoms with Crippen molar-refractivity contribution in [3.05, 3.63) is 40.9 Å². The Balaban J connectivity index is 2.00. The molecule has 1 aliphatic rings. The first kappa shape index (κ1) is 12.6. The summed E-state index contributed by atoms with van der Waals surface area (Å²) in [6, 6.07) is 5.41. The van der Waals surface area contributed by atoms with Crippen LogP contribution in [0.2, 0.25) is 5.02 Å². The maximum atomic E-state index is 11.3. The summed E-state index contributed by atoms with van der Waals surface area (Å²) in [6.45, 7) is 0.354. The first-order valence-corrected chi connectivity index (χ1v) is 5.85. The molecule has 4 nitrogen and oxygen atoms in total. The molecule has 1 aromatic rings. The average Bonchev–Trinajstić information content (AvgIpc) is 2.67. The van der Waals surface area contributed by atoms with Crippen LogP contribution >= 0.6 is 11.6 Å². The van der Waals surface area contributed by atoms with Crippen LogP contribution < -0.4 is 4.74 Å². The van der Waals surface area contributed by atoms with E-state index in [1.807, 2.05) is 6.07 Å². The quantitative estimate of drug-likeness (QED) is 0.780. The number of hydrogen-bond acceptors (Lipinski definition) is 3. The molecule has 0 radical (unpaired) electrons. The molecule has 2 amide bonds. The Labute approximate surface area is 110 Å². The maximum Gasteiger partial charge on any atom is 0.253 e. The van der Waals surface area contributed by atoms with E-state index in [1.165, 1.54) is 17.1 Å². The zero-order valence-corrected chi connectivity index (χ0v) is 10.6. The van der Waals surface area contributed by atoms with Gasteiger partial charge in [0, 0.05) is 18.7 Å². The van der Waals surface area contributed by atoms with E-state index in [0.29, 0.717) is 23.7 Å². The molecule has 0 spiro atoms. The van der Waals surface area contributed by atoms with Crippen molar-refractivity contribution < 1.29 is 14.3 Å². The number of amides is 2. The molecule has 0 bridgehead atoms. The third-order valence-electron chi connectivity index (χ3n) is 2.74. The Hall–Kier alpha value is -1.81. The van der Waals surface area contributed by atoms with Gasteiger partial charge in [0.15, 0.2) is 0 Å². The number of ether oxygens (including phenoxy) is 1. The summed E-state index contributed by atoms with van der Waals surface area (Å²) in [6.07, 6.45) is 3.13. The summed E-state index contributed by atoms with van der Waals surface area (Å²) in [4.78, 5) is 23.9. The third kappa shape index (κ3) is 2.54. The Morgan fingerprint density at radius 3 is 2.44 bits per heavy atom. The molecule has 0 saturated carbocycles. The molecule has 1 heterocycles. The van der Waals surface area contributed by atoms with E-state index in [9.17, 15) is 9.59 Å². The molecule has 94 valence electrons. The van der Waals surface area contributed by atoms with Crippen LogP contribution in [0.5, 0.6) is 5.75 Å². The van der Waals surface area contributed by atoms with E-state index >= 15 is 0 Å². The Morgan fingerprint density at radius 1 is 1.22 bits per heavy atom. The van der Waals surface area contributed by atoms with Gasteiger partial charge in [0.2, 0.25) is 0 Å². The van der Waals surface area contributed by atoms with Gasteiger partial charge >= 0.3 is 0 Å². The number of carbonyl (C=O) groups excluding carboxylic acids is 2. The van der Waals surface area contributed by atoms with Crippen molar-refractivity contribution in [2.24, 2.45) is 0 Å². The number of halogens is 1. The highest BCUT2D eigenvalue weighted by atomic mass is 35.5. The molecule has 0 N–H and O–H groups in total. The van der Waals surface area contributed by atoms with Crippen molar-refractivity contribution in [2.75, 3.05) is 13.7 Å². The van der Waals surface area contributed by atoms with Gasteiger partial charge in [-0.1, -0.05) is 17.7 Å². The van der Waals surface area contributed by atoms with Gasteiger partial charge < -0.3 is 4.74 Å². The molecule has 0 saturated heterocycles. The second kappa shape index (κ2) is 5.23. The first-order chi connectivity index (χ1) is 8.61. The second-order valence-corrected chi connectivity index (χ2v) is 4.29. The van der Waals surface area contributed by atoms with E-state index in [4.69, 9.17) is 16.3 Å². The van der Waals surface area contributed by atoms with Crippen molar-refractivity contribution in [2.45, 2.75) is 6.42 Å². The molecule has 0 unspecified atom stereocenters. The first-order valence-electron chi connectivity index (χ1n) is 5.48. The lowest BCUT2D eigenvalue weighted by Gasteiger charge is -2.13. The molecule has 2 rings (SSSR count). The Bertz CT molecular complexity index is 507. The third-order valence-corrected chi connectivity index (χ3v) is 3.04. The van der Waals surface area contributed by atoms with Crippen LogP contribution in [-0.4, -0.2) is 30.4 Å². The summed E-state index contributed by atoms with van der Waals surface area (Å²) >= 11 is 6.00. The second-order valence-electron chi connectivity index (χ2n) is 3.88. The lowest BCUT2D eigenvalue weighted by atomic mass is 10.1. The van der Waals surface area contributed by atoms with Gasteiger partial charge in [0.25, 0.3) is 11.8 Å². The van der Waals surface area contributed by atoms with Crippen LogP contribution in [0.1, 0.15) is 5.56 Å². The van der Waals surface area contributed by atoms with E-state index < -0.39 is 0 Å². The summed E-state index contributed by atoms with van der Waals surface area (Å²) in [5.74, 6) is 0.0784. The Kier molecular flexibility index (Phi) is 3.67. The number of imide groups is 1. The smallest absolute Gasteiger partial charge is 0.253 e. The van der Waals surface area contributed by atoms with E-state index in [-0.39, 0.29) is 11.8 Å². The molecule has 1 aromatic carbocycles. The van der Waals surface area contributed by atoms with Crippen LogP contribution in [-0.2, 0) is 16.0 Å². The molecule has 1 aliphatic heterocycles. The number of nitrogens with zero attached hydrogens (tertiary/aromatic N) is 1. The standard InChI is InChI=1S/C13H12ClNO3/c1-18-11-3-2-9(8-10(11)14)6-7-15-12(16)4-5-13(15)17/h2-5,8H,6-7H2,1H3. The Morgan fingerprint density at radius 2 is 1.89 bits per heavy atom. The lowest BCUT2D eigenvalue weighted by molar-refractivity contribution is -0.136. The monoisotopic (exact) mass is 265 g/mol. The molecular weight excluding hydrogens is 254 g/mol. The van der Waals surface area contributed by atoms with Crippen molar-refractivity contribution in [3.8, 4) is 5.75 Å². The number of carbonyl (C=O) groups is 2. The molecule has 0 aromatic heterocycles. The topological polar surface area (TPSA) is 46.6 Å². The SMILES string of the molecule is COc1ccc(CCN2C(=O)C=CC2=O)cc1Cl. The van der Waals surface area contributed by atoms with Crippen LogP contribution in [0.25, 0.3) is 0 Å². The van der Waals surface area contributed by atoms with Crippen molar-refractivity contribution >= 4 is 23.4 Å². The molecule has 0 atom stereocenters. The van der Waals surface area contributed by atoms with Gasteiger partial charge in [-0.15, -0.1) is 0 Å². The molecule has 5 heteroatoms. The number of rotatable bonds is 4. The normalized spacial score (nSPS) is 14.4. The van der Waals surface area contributed by atoms with Crippen molar-refractivity contribution in [3.63, 3.8) is 0 Å². The highest BCUT2D eigenvalue weighted by molar-refractivity contribution is 6.32. The van der Waals surface area contributed by atoms with Gasteiger partial charge in [-0.2, -0.15) is 0 Å². The van der Waals surface area contributed by atoms with Gasteiger partial charge in [-0.3, -0.25) is 14.5 Å². The van der Waals surface area contributed by atoms with E-state index in [2.05, 4.69) is 0 Å². The fraction of sp³-hybridized carbons (Fsp3) is 0.231. The fourth-order valence-corrected chi connectivity index (χ4v) is 2.04.